The lowest BCUT2D eigenvalue weighted by atomic mass is 10.1. The van der Waals surface area contributed by atoms with Gasteiger partial charge in [0.2, 0.25) is 0 Å². The van der Waals surface area contributed by atoms with Gasteiger partial charge >= 0.3 is 10.8 Å². The number of benzene rings is 1. The van der Waals surface area contributed by atoms with E-state index in [1.54, 1.807) is 19.1 Å². The predicted octanol–water partition coefficient (Wildman–Crippen LogP) is 0.499. The quantitative estimate of drug-likeness (QED) is 0.344. The van der Waals surface area contributed by atoms with Crippen molar-refractivity contribution in [3.05, 3.63) is 24.3 Å². The van der Waals surface area contributed by atoms with E-state index in [-0.39, 0.29) is 13.0 Å². The Hall–Kier alpha value is -1.72. The highest BCUT2D eigenvalue weighted by Crippen LogP contribution is 2.29. The molecule has 0 saturated heterocycles. The van der Waals surface area contributed by atoms with Gasteiger partial charge in [0.05, 0.1) is 0 Å². The number of hydrogen-bond donors (Lipinski definition) is 3. The van der Waals surface area contributed by atoms with Crippen LogP contribution >= 0.6 is 0 Å². The standard InChI is InChI=1S/C16H22N2O4S/c1-2-3-12-22-13-6-8-14(9-7-13)23(21)16(20,15(18)19)10-4-5-11-17/h6-9,20H,4-5,10-12,17H2,1H3,(H2,18,19). The van der Waals surface area contributed by atoms with Gasteiger partial charge in [-0.2, -0.15) is 0 Å². The van der Waals surface area contributed by atoms with Gasteiger partial charge in [-0.05, 0) is 50.6 Å². The van der Waals surface area contributed by atoms with Crippen molar-refractivity contribution in [3.63, 3.8) is 0 Å². The molecule has 126 valence electrons. The van der Waals surface area contributed by atoms with Crippen molar-refractivity contribution in [1.29, 1.82) is 0 Å². The molecule has 0 radical (unpaired) electrons. The minimum atomic E-state index is -2.11. The zero-order chi connectivity index (χ0) is 17.3. The van der Waals surface area contributed by atoms with Gasteiger partial charge in [-0.25, -0.2) is 0 Å². The molecule has 0 fully saturated rings. The first-order chi connectivity index (χ1) is 11.0. The largest absolute Gasteiger partial charge is 0.609 e. The minimum absolute atomic E-state index is 0.00349. The second-order valence-corrected chi connectivity index (χ2v) is 6.53. The summed E-state index contributed by atoms with van der Waals surface area (Å²) in [5.74, 6) is 5.01. The molecule has 23 heavy (non-hydrogen) atoms. The van der Waals surface area contributed by atoms with E-state index in [0.717, 1.165) is 0 Å². The van der Waals surface area contributed by atoms with Crippen LogP contribution in [0.1, 0.15) is 26.2 Å². The number of hydrogen-bond acceptors (Lipinski definition) is 5. The molecule has 1 rings (SSSR count). The molecule has 5 N–H and O–H groups in total. The summed E-state index contributed by atoms with van der Waals surface area (Å²) in [5.41, 5.74) is 10.6. The SMILES string of the molecule is CC#CCOc1ccc([S+]([O-])C(O)(CCCCN)C(N)=O)cc1. The van der Waals surface area contributed by atoms with Crippen LogP contribution in [0, 0.1) is 11.8 Å². The van der Waals surface area contributed by atoms with Gasteiger partial charge in [-0.15, -0.1) is 5.92 Å². The van der Waals surface area contributed by atoms with E-state index in [1.165, 1.54) is 12.1 Å². The van der Waals surface area contributed by atoms with Crippen LogP contribution in [-0.2, 0) is 16.0 Å². The lowest BCUT2D eigenvalue weighted by molar-refractivity contribution is -0.129. The van der Waals surface area contributed by atoms with E-state index < -0.39 is 22.0 Å². The minimum Gasteiger partial charge on any atom is -0.609 e. The van der Waals surface area contributed by atoms with Crippen LogP contribution in [0.3, 0.4) is 0 Å². The fourth-order valence-electron chi connectivity index (χ4n) is 1.86. The Bertz CT molecular complexity index is 568. The Morgan fingerprint density at radius 1 is 1.39 bits per heavy atom. The molecule has 0 spiro atoms. The van der Waals surface area contributed by atoms with Gasteiger partial charge < -0.3 is 25.9 Å². The highest BCUT2D eigenvalue weighted by molar-refractivity contribution is 7.93. The van der Waals surface area contributed by atoms with E-state index in [0.29, 0.717) is 30.0 Å². The summed E-state index contributed by atoms with van der Waals surface area (Å²) >= 11 is -1.98. The van der Waals surface area contributed by atoms with Crippen LogP contribution in [0.15, 0.2) is 29.2 Å². The fraction of sp³-hybridized carbons (Fsp3) is 0.438. The van der Waals surface area contributed by atoms with Gasteiger partial charge in [0, 0.05) is 17.6 Å². The van der Waals surface area contributed by atoms with Crippen molar-refractivity contribution in [2.75, 3.05) is 13.2 Å². The van der Waals surface area contributed by atoms with Crippen LogP contribution in [0.5, 0.6) is 5.75 Å². The van der Waals surface area contributed by atoms with Crippen molar-refractivity contribution in [2.45, 2.75) is 36.0 Å². The van der Waals surface area contributed by atoms with E-state index in [2.05, 4.69) is 11.8 Å². The molecule has 6 nitrogen and oxygen atoms in total. The van der Waals surface area contributed by atoms with Gasteiger partial charge in [-0.1, -0.05) is 5.92 Å². The molecule has 2 atom stereocenters. The third kappa shape index (κ3) is 5.44. The van der Waals surface area contributed by atoms with Crippen molar-refractivity contribution in [3.8, 4) is 17.6 Å². The molecular formula is C16H22N2O4S. The summed E-state index contributed by atoms with van der Waals surface area (Å²) in [4.78, 5) is 9.77. The molecule has 1 aromatic rings. The Labute approximate surface area is 139 Å². The van der Waals surface area contributed by atoms with E-state index in [9.17, 15) is 14.5 Å². The van der Waals surface area contributed by atoms with E-state index in [4.69, 9.17) is 16.2 Å². The topological polar surface area (TPSA) is 122 Å². The average molecular weight is 338 g/mol. The Kier molecular flexibility index (Phi) is 7.92. The number of ether oxygens (including phenoxy) is 1. The summed E-state index contributed by atoms with van der Waals surface area (Å²) in [6, 6.07) is 6.26. The number of nitrogens with two attached hydrogens (primary N) is 2. The summed E-state index contributed by atoms with van der Waals surface area (Å²) in [6.45, 7) is 2.39. The molecule has 0 aromatic heterocycles. The fourth-order valence-corrected chi connectivity index (χ4v) is 3.15. The molecule has 2 unspecified atom stereocenters. The lowest BCUT2D eigenvalue weighted by Crippen LogP contribution is -2.50. The van der Waals surface area contributed by atoms with Crippen LogP contribution < -0.4 is 16.2 Å². The number of unbranched alkanes of at least 4 members (excludes halogenated alkanes) is 1. The summed E-state index contributed by atoms with van der Waals surface area (Å²) in [7, 11) is 0. The molecule has 7 heteroatoms. The third-order valence-corrected chi connectivity index (χ3v) is 4.91. The summed E-state index contributed by atoms with van der Waals surface area (Å²) < 4.78 is 17.9. The first-order valence-electron chi connectivity index (χ1n) is 7.22. The van der Waals surface area contributed by atoms with Crippen molar-refractivity contribution in [1.82, 2.24) is 0 Å². The van der Waals surface area contributed by atoms with E-state index in [1.807, 2.05) is 0 Å². The maximum atomic E-state index is 12.5. The monoisotopic (exact) mass is 338 g/mol. The molecule has 0 heterocycles. The lowest BCUT2D eigenvalue weighted by Gasteiger charge is -2.27. The average Bonchev–Trinajstić information content (AvgIpc) is 2.55. The Morgan fingerprint density at radius 3 is 2.57 bits per heavy atom. The first-order valence-corrected chi connectivity index (χ1v) is 8.37. The second-order valence-electron chi connectivity index (χ2n) is 4.85. The maximum Gasteiger partial charge on any atom is 0.307 e. The zero-order valence-electron chi connectivity index (χ0n) is 13.1. The number of carbonyl (C=O) groups excluding carboxylic acids is 1. The number of primary amides is 1. The zero-order valence-corrected chi connectivity index (χ0v) is 13.9. The second kappa shape index (κ2) is 9.43. The van der Waals surface area contributed by atoms with Gasteiger partial charge in [0.25, 0.3) is 0 Å². The normalized spacial score (nSPS) is 14.3. The van der Waals surface area contributed by atoms with Gasteiger partial charge in [0.15, 0.2) is 4.90 Å². The highest BCUT2D eigenvalue weighted by Gasteiger charge is 2.47. The van der Waals surface area contributed by atoms with Crippen molar-refractivity contribution >= 4 is 17.1 Å². The maximum absolute atomic E-state index is 12.5. The first kappa shape index (κ1) is 19.3. The number of aliphatic hydroxyl groups is 1. The third-order valence-electron chi connectivity index (χ3n) is 3.19. The van der Waals surface area contributed by atoms with Crippen LogP contribution in [0.25, 0.3) is 0 Å². The predicted molar refractivity (Wildman–Crippen MR) is 88.8 cm³/mol. The van der Waals surface area contributed by atoms with Crippen LogP contribution in [-0.4, -0.2) is 33.7 Å². The summed E-state index contributed by atoms with van der Waals surface area (Å²) in [5, 5.41) is 10.4. The molecule has 0 saturated carbocycles. The summed E-state index contributed by atoms with van der Waals surface area (Å²) in [6.07, 6.45) is 1.06. The molecule has 0 bridgehead atoms. The molecule has 1 amide bonds. The van der Waals surface area contributed by atoms with Crippen molar-refractivity contribution in [2.24, 2.45) is 11.5 Å². The molecule has 0 aliphatic carbocycles. The van der Waals surface area contributed by atoms with Gasteiger partial charge in [-0.3, -0.25) is 4.79 Å². The molecular weight excluding hydrogens is 316 g/mol. The number of carbonyl (C=O) groups is 1. The Morgan fingerprint density at radius 2 is 2.04 bits per heavy atom. The number of amides is 1. The van der Waals surface area contributed by atoms with E-state index >= 15 is 0 Å². The molecule has 0 aliphatic heterocycles. The smallest absolute Gasteiger partial charge is 0.307 e. The number of rotatable bonds is 9. The van der Waals surface area contributed by atoms with Crippen LogP contribution in [0.2, 0.25) is 0 Å². The van der Waals surface area contributed by atoms with Gasteiger partial charge in [0.1, 0.15) is 12.4 Å². The van der Waals surface area contributed by atoms with Crippen molar-refractivity contribution < 1.29 is 19.2 Å². The highest BCUT2D eigenvalue weighted by atomic mass is 32.2. The molecule has 0 aliphatic rings. The molecule has 1 aromatic carbocycles. The Balaban J connectivity index is 2.84. The van der Waals surface area contributed by atoms with Crippen LogP contribution in [0.4, 0.5) is 0 Å².